The van der Waals surface area contributed by atoms with Gasteiger partial charge in [-0.1, -0.05) is 84.9 Å². The molecule has 0 atom stereocenters. The highest BCUT2D eigenvalue weighted by Gasteiger charge is 2.16. The number of nitrogens with zero attached hydrogens (tertiary/aromatic N) is 2. The van der Waals surface area contributed by atoms with Crippen molar-refractivity contribution in [3.63, 3.8) is 0 Å². The lowest BCUT2D eigenvalue weighted by atomic mass is 10.0. The molecule has 0 spiro atoms. The number of thiophene rings is 1. The van der Waals surface area contributed by atoms with E-state index in [1.54, 1.807) is 11.3 Å². The molecule has 3 nitrogen and oxygen atoms in total. The van der Waals surface area contributed by atoms with Crippen LogP contribution in [0.5, 0.6) is 0 Å². The number of para-hydroxylation sites is 1. The van der Waals surface area contributed by atoms with Crippen LogP contribution in [-0.2, 0) is 0 Å². The Morgan fingerprint density at radius 1 is 0.526 bits per heavy atom. The summed E-state index contributed by atoms with van der Waals surface area (Å²) in [5, 5.41) is 5.81. The van der Waals surface area contributed by atoms with E-state index in [4.69, 9.17) is 14.4 Å². The number of benzene rings is 5. The highest BCUT2D eigenvalue weighted by atomic mass is 32.1. The van der Waals surface area contributed by atoms with Gasteiger partial charge in [-0.25, -0.2) is 9.97 Å². The monoisotopic (exact) mass is 504 g/mol. The number of fused-ring (bicyclic) bond motifs is 5. The molecular formula is C34H20N2OS. The van der Waals surface area contributed by atoms with Crippen LogP contribution in [0.1, 0.15) is 0 Å². The molecule has 0 saturated carbocycles. The molecule has 178 valence electrons. The molecule has 0 N–H and O–H groups in total. The first-order valence-electron chi connectivity index (χ1n) is 12.6. The van der Waals surface area contributed by atoms with E-state index in [2.05, 4.69) is 103 Å². The molecule has 0 radical (unpaired) electrons. The minimum absolute atomic E-state index is 0.685. The van der Waals surface area contributed by atoms with E-state index < -0.39 is 0 Å². The molecule has 0 aliphatic heterocycles. The van der Waals surface area contributed by atoms with Crippen molar-refractivity contribution in [2.24, 2.45) is 0 Å². The smallest absolute Gasteiger partial charge is 0.160 e. The van der Waals surface area contributed by atoms with Crippen LogP contribution >= 0.6 is 11.3 Å². The SMILES string of the molecule is c1ccc2sc(-c3cc(-c4cccc5ccccc45)nc(-c4ccc5c(c4)oc4ccccc45)n3)cc2c1. The maximum Gasteiger partial charge on any atom is 0.160 e. The molecule has 3 aromatic heterocycles. The predicted octanol–water partition coefficient (Wildman–Crippen LogP) is 9.74. The highest BCUT2D eigenvalue weighted by molar-refractivity contribution is 7.22. The van der Waals surface area contributed by atoms with Gasteiger partial charge in [0.2, 0.25) is 0 Å². The first-order chi connectivity index (χ1) is 18.8. The van der Waals surface area contributed by atoms with E-state index in [0.29, 0.717) is 5.82 Å². The van der Waals surface area contributed by atoms with Gasteiger partial charge in [-0.15, -0.1) is 11.3 Å². The summed E-state index contributed by atoms with van der Waals surface area (Å²) in [5.74, 6) is 0.685. The molecular weight excluding hydrogens is 484 g/mol. The fourth-order valence-electron chi connectivity index (χ4n) is 5.26. The Morgan fingerprint density at radius 3 is 2.18 bits per heavy atom. The van der Waals surface area contributed by atoms with Gasteiger partial charge in [0.15, 0.2) is 5.82 Å². The Hall–Kier alpha value is -4.80. The van der Waals surface area contributed by atoms with Gasteiger partial charge in [-0.2, -0.15) is 0 Å². The van der Waals surface area contributed by atoms with Crippen molar-refractivity contribution in [3.8, 4) is 33.2 Å². The molecule has 0 saturated heterocycles. The molecule has 4 heteroatoms. The minimum atomic E-state index is 0.685. The van der Waals surface area contributed by atoms with Crippen LogP contribution < -0.4 is 0 Å². The third kappa shape index (κ3) is 3.42. The summed E-state index contributed by atoms with van der Waals surface area (Å²) in [7, 11) is 0. The van der Waals surface area contributed by atoms with E-state index in [-0.39, 0.29) is 0 Å². The second-order valence-corrected chi connectivity index (χ2v) is 10.5. The molecule has 38 heavy (non-hydrogen) atoms. The van der Waals surface area contributed by atoms with Crippen LogP contribution in [0.2, 0.25) is 0 Å². The molecule has 8 rings (SSSR count). The summed E-state index contributed by atoms with van der Waals surface area (Å²) in [6.07, 6.45) is 0. The van der Waals surface area contributed by atoms with Crippen molar-refractivity contribution in [2.75, 3.05) is 0 Å². The molecule has 5 aromatic carbocycles. The van der Waals surface area contributed by atoms with Gasteiger partial charge in [-0.05, 0) is 52.6 Å². The summed E-state index contributed by atoms with van der Waals surface area (Å²) in [4.78, 5) is 11.3. The Kier molecular flexibility index (Phi) is 4.69. The maximum atomic E-state index is 6.19. The summed E-state index contributed by atoms with van der Waals surface area (Å²) < 4.78 is 7.44. The summed E-state index contributed by atoms with van der Waals surface area (Å²) in [6.45, 7) is 0. The Morgan fingerprint density at radius 2 is 1.26 bits per heavy atom. The van der Waals surface area contributed by atoms with Gasteiger partial charge >= 0.3 is 0 Å². The Labute approximate surface area is 222 Å². The van der Waals surface area contributed by atoms with Gasteiger partial charge < -0.3 is 4.42 Å². The van der Waals surface area contributed by atoms with Crippen LogP contribution in [0.25, 0.3) is 76.0 Å². The second-order valence-electron chi connectivity index (χ2n) is 9.45. The van der Waals surface area contributed by atoms with E-state index in [0.717, 1.165) is 49.3 Å². The third-order valence-electron chi connectivity index (χ3n) is 7.11. The van der Waals surface area contributed by atoms with Gasteiger partial charge in [0, 0.05) is 26.6 Å². The fourth-order valence-corrected chi connectivity index (χ4v) is 6.29. The van der Waals surface area contributed by atoms with E-state index in [9.17, 15) is 0 Å². The van der Waals surface area contributed by atoms with Crippen molar-refractivity contribution >= 4 is 54.1 Å². The molecule has 0 bridgehead atoms. The van der Waals surface area contributed by atoms with Crippen LogP contribution in [0.15, 0.2) is 126 Å². The van der Waals surface area contributed by atoms with Crippen molar-refractivity contribution in [2.45, 2.75) is 0 Å². The van der Waals surface area contributed by atoms with Crippen LogP contribution in [-0.4, -0.2) is 9.97 Å². The number of hydrogen-bond acceptors (Lipinski definition) is 4. The van der Waals surface area contributed by atoms with Crippen molar-refractivity contribution in [1.82, 2.24) is 9.97 Å². The first kappa shape index (κ1) is 21.3. The van der Waals surface area contributed by atoms with Crippen molar-refractivity contribution < 1.29 is 4.42 Å². The standard InChI is InChI=1S/C34H20N2OS/c1-3-11-24-21(8-1)10-7-13-25(24)28-20-29(33-19-22-9-2-6-15-32(22)38-33)36-34(35-28)23-16-17-27-26-12-4-5-14-30(26)37-31(27)18-23/h1-20H. The molecule has 0 unspecified atom stereocenters. The maximum absolute atomic E-state index is 6.19. The van der Waals surface area contributed by atoms with Crippen LogP contribution in [0.3, 0.4) is 0 Å². The van der Waals surface area contributed by atoms with Crippen molar-refractivity contribution in [1.29, 1.82) is 0 Å². The Bertz CT molecular complexity index is 2120. The number of furan rings is 1. The zero-order valence-electron chi connectivity index (χ0n) is 20.3. The molecule has 0 aliphatic rings. The summed E-state index contributed by atoms with van der Waals surface area (Å²) >= 11 is 1.76. The minimum Gasteiger partial charge on any atom is -0.456 e. The quantitative estimate of drug-likeness (QED) is 0.240. The summed E-state index contributed by atoms with van der Waals surface area (Å²) in [6, 6.07) is 42.1. The topological polar surface area (TPSA) is 38.9 Å². The third-order valence-corrected chi connectivity index (χ3v) is 8.25. The molecule has 0 fully saturated rings. The number of hydrogen-bond donors (Lipinski definition) is 0. The molecule has 8 aromatic rings. The predicted molar refractivity (Wildman–Crippen MR) is 159 cm³/mol. The zero-order chi connectivity index (χ0) is 25.1. The first-order valence-corrected chi connectivity index (χ1v) is 13.4. The van der Waals surface area contributed by atoms with E-state index in [1.165, 1.54) is 20.9 Å². The largest absolute Gasteiger partial charge is 0.456 e. The molecule has 0 aliphatic carbocycles. The average Bonchev–Trinajstić information content (AvgIpc) is 3.58. The fraction of sp³-hybridized carbons (Fsp3) is 0. The Balaban J connectivity index is 1.37. The zero-order valence-corrected chi connectivity index (χ0v) is 21.1. The van der Waals surface area contributed by atoms with Gasteiger partial charge in [0.25, 0.3) is 0 Å². The van der Waals surface area contributed by atoms with E-state index in [1.807, 2.05) is 18.2 Å². The lowest BCUT2D eigenvalue weighted by Gasteiger charge is -2.10. The number of aromatic nitrogens is 2. The van der Waals surface area contributed by atoms with E-state index >= 15 is 0 Å². The summed E-state index contributed by atoms with van der Waals surface area (Å²) in [5.41, 5.74) is 5.58. The van der Waals surface area contributed by atoms with Crippen LogP contribution in [0, 0.1) is 0 Å². The van der Waals surface area contributed by atoms with Gasteiger partial charge in [0.1, 0.15) is 11.2 Å². The average molecular weight is 505 g/mol. The highest BCUT2D eigenvalue weighted by Crippen LogP contribution is 2.37. The van der Waals surface area contributed by atoms with Gasteiger partial charge in [-0.3, -0.25) is 0 Å². The number of rotatable bonds is 3. The second kappa shape index (κ2) is 8.37. The lowest BCUT2D eigenvalue weighted by Crippen LogP contribution is -1.95. The van der Waals surface area contributed by atoms with Crippen molar-refractivity contribution in [3.05, 3.63) is 121 Å². The van der Waals surface area contributed by atoms with Gasteiger partial charge in [0.05, 0.1) is 16.3 Å². The van der Waals surface area contributed by atoms with Crippen LogP contribution in [0.4, 0.5) is 0 Å². The molecule has 0 amide bonds. The lowest BCUT2D eigenvalue weighted by molar-refractivity contribution is 0.669. The molecule has 3 heterocycles. The normalized spacial score (nSPS) is 11.7.